The first-order valence-electron chi connectivity index (χ1n) is 10.5. The number of carbonyl (C=O) groups is 1. The molecule has 3 aliphatic heterocycles. The van der Waals surface area contributed by atoms with Crippen LogP contribution in [0.3, 0.4) is 0 Å². The van der Waals surface area contributed by atoms with Crippen molar-refractivity contribution < 1.29 is 9.53 Å². The third kappa shape index (κ3) is 3.38. The molecule has 0 bridgehead atoms. The van der Waals surface area contributed by atoms with E-state index in [1.807, 2.05) is 19.2 Å². The Hall–Kier alpha value is -2.53. The summed E-state index contributed by atoms with van der Waals surface area (Å²) in [5.41, 5.74) is 7.84. The summed E-state index contributed by atoms with van der Waals surface area (Å²) in [6.45, 7) is 8.33. The van der Waals surface area contributed by atoms with Crippen LogP contribution in [0.1, 0.15) is 60.2 Å². The first-order valence-corrected chi connectivity index (χ1v) is 10.5. The minimum Gasteiger partial charge on any atom is -0.375 e. The molecule has 1 aromatic heterocycles. The van der Waals surface area contributed by atoms with Crippen LogP contribution in [0.25, 0.3) is 0 Å². The number of carbonyl (C=O) groups excluding carboxylic acids is 1. The minimum atomic E-state index is -0.166. The molecule has 0 saturated carbocycles. The van der Waals surface area contributed by atoms with Gasteiger partial charge in [0.1, 0.15) is 0 Å². The summed E-state index contributed by atoms with van der Waals surface area (Å²) >= 11 is 0. The molecule has 5 nitrogen and oxygen atoms in total. The van der Waals surface area contributed by atoms with Gasteiger partial charge in [-0.25, -0.2) is 0 Å². The van der Waals surface area contributed by atoms with Crippen LogP contribution in [-0.2, 0) is 29.0 Å². The van der Waals surface area contributed by atoms with Crippen molar-refractivity contribution in [2.24, 2.45) is 4.99 Å². The Morgan fingerprint density at radius 3 is 2.83 bits per heavy atom. The molecular weight excluding hydrogens is 362 g/mol. The van der Waals surface area contributed by atoms with Gasteiger partial charge in [0.25, 0.3) is 0 Å². The van der Waals surface area contributed by atoms with Crippen molar-refractivity contribution in [3.05, 3.63) is 64.0 Å². The second-order valence-corrected chi connectivity index (χ2v) is 9.08. The van der Waals surface area contributed by atoms with Gasteiger partial charge in [0.15, 0.2) is 0 Å². The van der Waals surface area contributed by atoms with E-state index in [4.69, 9.17) is 9.73 Å². The van der Waals surface area contributed by atoms with Crippen LogP contribution in [-0.4, -0.2) is 39.8 Å². The Balaban J connectivity index is 1.46. The Morgan fingerprint density at radius 1 is 1.17 bits per heavy atom. The van der Waals surface area contributed by atoms with E-state index in [0.29, 0.717) is 19.5 Å². The molecule has 0 radical (unpaired) electrons. The Kier molecular flexibility index (Phi) is 4.32. The van der Waals surface area contributed by atoms with E-state index in [-0.39, 0.29) is 17.6 Å². The largest absolute Gasteiger partial charge is 0.375 e. The van der Waals surface area contributed by atoms with Gasteiger partial charge in [-0.15, -0.1) is 0 Å². The van der Waals surface area contributed by atoms with Gasteiger partial charge < -0.3 is 9.64 Å². The highest BCUT2D eigenvalue weighted by Crippen LogP contribution is 2.34. The molecular formula is C24H27N3O2. The predicted octanol–water partition coefficient (Wildman–Crippen LogP) is 3.58. The fraction of sp³-hybridized carbons (Fsp3) is 0.458. The summed E-state index contributed by atoms with van der Waals surface area (Å²) in [6, 6.07) is 8.85. The lowest BCUT2D eigenvalue weighted by Crippen LogP contribution is -2.50. The lowest BCUT2D eigenvalue weighted by molar-refractivity contribution is -0.141. The third-order valence-electron chi connectivity index (χ3n) is 6.37. The summed E-state index contributed by atoms with van der Waals surface area (Å²) < 4.78 is 5.87. The van der Waals surface area contributed by atoms with E-state index in [2.05, 4.69) is 41.9 Å². The predicted molar refractivity (Wildman–Crippen MR) is 112 cm³/mol. The molecule has 0 N–H and O–H groups in total. The molecule has 1 aromatic carbocycles. The minimum absolute atomic E-state index is 0.166. The molecule has 1 saturated heterocycles. The smallest absolute Gasteiger partial charge is 0.227 e. The number of rotatable bonds is 2. The zero-order valence-electron chi connectivity index (χ0n) is 17.4. The van der Waals surface area contributed by atoms with Gasteiger partial charge >= 0.3 is 0 Å². The summed E-state index contributed by atoms with van der Waals surface area (Å²) in [6.07, 6.45) is 4.14. The third-order valence-corrected chi connectivity index (χ3v) is 6.37. The summed E-state index contributed by atoms with van der Waals surface area (Å²) in [5.74, 6) is 0.240. The number of amides is 1. The standard InChI is InChI=1S/C24H27N3O2/c1-15-8-16(4-6-25-15)23-21-10-19-14-27(20-5-7-29-24(2,3)12-20)22(28)11-17(19)9-18(21)13-26-23/h4,6,8-10,20H,5,7,11-14H2,1-3H3. The van der Waals surface area contributed by atoms with Crippen molar-refractivity contribution in [3.8, 4) is 0 Å². The van der Waals surface area contributed by atoms with E-state index in [0.717, 1.165) is 36.4 Å². The van der Waals surface area contributed by atoms with Crippen LogP contribution in [0.5, 0.6) is 0 Å². The first kappa shape index (κ1) is 18.5. The Morgan fingerprint density at radius 2 is 2.03 bits per heavy atom. The van der Waals surface area contributed by atoms with E-state index >= 15 is 0 Å². The van der Waals surface area contributed by atoms with E-state index in [1.54, 1.807) is 0 Å². The molecule has 1 amide bonds. The zero-order chi connectivity index (χ0) is 20.2. The number of nitrogens with zero attached hydrogens (tertiary/aromatic N) is 3. The van der Waals surface area contributed by atoms with E-state index < -0.39 is 0 Å². The van der Waals surface area contributed by atoms with Gasteiger partial charge in [-0.3, -0.25) is 14.8 Å². The van der Waals surface area contributed by atoms with Crippen molar-refractivity contribution in [1.29, 1.82) is 0 Å². The first-order chi connectivity index (χ1) is 13.9. The highest BCUT2D eigenvalue weighted by atomic mass is 16.5. The van der Waals surface area contributed by atoms with Crippen LogP contribution in [0.4, 0.5) is 0 Å². The van der Waals surface area contributed by atoms with Gasteiger partial charge in [0, 0.05) is 42.2 Å². The Bertz CT molecular complexity index is 1020. The van der Waals surface area contributed by atoms with Crippen LogP contribution in [0, 0.1) is 6.92 Å². The molecule has 5 heteroatoms. The van der Waals surface area contributed by atoms with Crippen molar-refractivity contribution in [2.75, 3.05) is 6.61 Å². The molecule has 2 aromatic rings. The average Bonchev–Trinajstić information content (AvgIpc) is 3.07. The van der Waals surface area contributed by atoms with Crippen molar-refractivity contribution in [1.82, 2.24) is 9.88 Å². The van der Waals surface area contributed by atoms with Gasteiger partial charge in [-0.2, -0.15) is 0 Å². The van der Waals surface area contributed by atoms with Crippen molar-refractivity contribution in [3.63, 3.8) is 0 Å². The lowest BCUT2D eigenvalue weighted by atomic mass is 9.88. The molecule has 3 aliphatic rings. The number of fused-ring (bicyclic) bond motifs is 2. The molecule has 0 spiro atoms. The van der Waals surface area contributed by atoms with Crippen LogP contribution in [0.2, 0.25) is 0 Å². The molecule has 150 valence electrons. The zero-order valence-corrected chi connectivity index (χ0v) is 17.4. The van der Waals surface area contributed by atoms with E-state index in [9.17, 15) is 4.79 Å². The van der Waals surface area contributed by atoms with Crippen LogP contribution < -0.4 is 0 Å². The number of pyridine rings is 1. The van der Waals surface area contributed by atoms with Crippen molar-refractivity contribution >= 4 is 11.6 Å². The Labute approximate surface area is 171 Å². The number of hydrogen-bond acceptors (Lipinski definition) is 4. The normalized spacial score (nSPS) is 22.9. The van der Waals surface area contributed by atoms with E-state index in [1.165, 1.54) is 22.3 Å². The summed E-state index contributed by atoms with van der Waals surface area (Å²) in [4.78, 5) is 24.1. The fourth-order valence-corrected chi connectivity index (χ4v) is 4.93. The SMILES string of the molecule is Cc1cc(C2=NCc3cc4c(cc32)CN(C2CCOC(C)(C)C2)C(=O)C4)ccn1. The molecule has 5 rings (SSSR count). The quantitative estimate of drug-likeness (QED) is 0.789. The van der Waals surface area contributed by atoms with Gasteiger partial charge in [0.2, 0.25) is 5.91 Å². The van der Waals surface area contributed by atoms with Crippen LogP contribution in [0.15, 0.2) is 35.5 Å². The maximum Gasteiger partial charge on any atom is 0.227 e. The highest BCUT2D eigenvalue weighted by Gasteiger charge is 2.36. The number of aromatic nitrogens is 1. The molecule has 4 heterocycles. The molecule has 1 atom stereocenters. The fourth-order valence-electron chi connectivity index (χ4n) is 4.93. The molecule has 1 fully saturated rings. The maximum atomic E-state index is 12.9. The maximum absolute atomic E-state index is 12.9. The van der Waals surface area contributed by atoms with Gasteiger partial charge in [-0.1, -0.05) is 6.07 Å². The van der Waals surface area contributed by atoms with Gasteiger partial charge in [0.05, 0.1) is 24.3 Å². The number of ether oxygens (including phenoxy) is 1. The molecule has 1 unspecified atom stereocenters. The number of aryl methyl sites for hydroxylation is 1. The highest BCUT2D eigenvalue weighted by molar-refractivity contribution is 6.15. The second-order valence-electron chi connectivity index (χ2n) is 9.08. The topological polar surface area (TPSA) is 54.8 Å². The van der Waals surface area contributed by atoms with Crippen molar-refractivity contribution in [2.45, 2.75) is 64.8 Å². The number of aliphatic imine (C=N–C) groups is 1. The van der Waals surface area contributed by atoms with Crippen LogP contribution >= 0.6 is 0 Å². The molecule has 0 aliphatic carbocycles. The second kappa shape index (κ2) is 6.77. The monoisotopic (exact) mass is 389 g/mol. The van der Waals surface area contributed by atoms with Gasteiger partial charge in [-0.05, 0) is 68.5 Å². The number of hydrogen-bond donors (Lipinski definition) is 0. The average molecular weight is 389 g/mol. The lowest BCUT2D eigenvalue weighted by Gasteiger charge is -2.43. The molecule has 29 heavy (non-hydrogen) atoms. The summed E-state index contributed by atoms with van der Waals surface area (Å²) in [5, 5.41) is 0. The summed E-state index contributed by atoms with van der Waals surface area (Å²) in [7, 11) is 0. The number of benzene rings is 1.